The minimum absolute atomic E-state index is 0.0641. The van der Waals surface area contributed by atoms with Gasteiger partial charge in [-0.3, -0.25) is 4.79 Å². The largest absolute Gasteiger partial charge is 0.294 e. The second kappa shape index (κ2) is 5.59. The van der Waals surface area contributed by atoms with Crippen LogP contribution in [0.4, 0.5) is 8.78 Å². The smallest absolute Gasteiger partial charge is 0.169 e. The summed E-state index contributed by atoms with van der Waals surface area (Å²) in [5, 5.41) is 0. The van der Waals surface area contributed by atoms with Crippen molar-refractivity contribution in [3.05, 3.63) is 54.6 Å². The quantitative estimate of drug-likeness (QED) is 0.670. The van der Waals surface area contributed by atoms with Gasteiger partial charge in [0.2, 0.25) is 0 Å². The van der Waals surface area contributed by atoms with Crippen LogP contribution >= 0.6 is 43.2 Å². The molecule has 0 saturated heterocycles. The molecular formula is C12H6Br2F2OS. The number of hydrogen-bond donors (Lipinski definition) is 0. The number of rotatable bonds is 3. The van der Waals surface area contributed by atoms with Gasteiger partial charge in [-0.15, -0.1) is 11.3 Å². The number of carbonyl (C=O) groups excluding carboxylic acids is 1. The van der Waals surface area contributed by atoms with Crippen molar-refractivity contribution in [2.45, 2.75) is 6.42 Å². The Labute approximate surface area is 123 Å². The molecule has 0 fully saturated rings. The van der Waals surface area contributed by atoms with Crippen LogP contribution in [0.3, 0.4) is 0 Å². The van der Waals surface area contributed by atoms with Crippen molar-refractivity contribution >= 4 is 49.0 Å². The summed E-state index contributed by atoms with van der Waals surface area (Å²) in [6, 6.07) is 5.49. The Morgan fingerprint density at radius 2 is 2.00 bits per heavy atom. The van der Waals surface area contributed by atoms with Crippen molar-refractivity contribution in [1.82, 2.24) is 0 Å². The Hall–Kier alpha value is -0.590. The molecular weight excluding hydrogens is 390 g/mol. The maximum absolute atomic E-state index is 13.4. The molecule has 0 N–H and O–H groups in total. The molecule has 1 heterocycles. The van der Waals surface area contributed by atoms with Crippen molar-refractivity contribution in [1.29, 1.82) is 0 Å². The predicted molar refractivity (Wildman–Crippen MR) is 74.1 cm³/mol. The molecule has 0 spiro atoms. The summed E-state index contributed by atoms with van der Waals surface area (Å²) in [7, 11) is 0. The average molecular weight is 396 g/mol. The molecule has 0 unspecified atom stereocenters. The molecule has 2 rings (SSSR count). The normalized spacial score (nSPS) is 10.7. The highest BCUT2D eigenvalue weighted by molar-refractivity contribution is 9.12. The van der Waals surface area contributed by atoms with Gasteiger partial charge in [-0.1, -0.05) is 12.1 Å². The van der Waals surface area contributed by atoms with E-state index in [1.165, 1.54) is 23.5 Å². The summed E-state index contributed by atoms with van der Waals surface area (Å²) in [5.41, 5.74) is 0.532. The maximum atomic E-state index is 13.4. The van der Waals surface area contributed by atoms with E-state index in [2.05, 4.69) is 31.9 Å². The average Bonchev–Trinajstić information content (AvgIpc) is 2.64. The number of hydrogen-bond acceptors (Lipinski definition) is 2. The molecule has 1 aromatic heterocycles. The monoisotopic (exact) mass is 394 g/mol. The Bertz CT molecular complexity index is 610. The fourth-order valence-corrected chi connectivity index (χ4v) is 4.34. The molecule has 0 saturated carbocycles. The van der Waals surface area contributed by atoms with Gasteiger partial charge in [-0.25, -0.2) is 8.78 Å². The maximum Gasteiger partial charge on any atom is 0.169 e. The van der Waals surface area contributed by atoms with Crippen molar-refractivity contribution < 1.29 is 13.6 Å². The Balaban J connectivity index is 2.27. The van der Waals surface area contributed by atoms with Crippen LogP contribution in [-0.4, -0.2) is 5.78 Å². The van der Waals surface area contributed by atoms with Crippen LogP contribution in [0.2, 0.25) is 0 Å². The summed E-state index contributed by atoms with van der Waals surface area (Å²) in [4.78, 5) is 12.0. The lowest BCUT2D eigenvalue weighted by molar-refractivity contribution is 0.0991. The van der Waals surface area contributed by atoms with E-state index in [0.29, 0.717) is 9.35 Å². The highest BCUT2D eigenvalue weighted by Gasteiger charge is 2.17. The predicted octanol–water partition coefficient (Wildman–Crippen LogP) is 4.98. The molecule has 0 aliphatic carbocycles. The molecule has 0 aliphatic rings. The van der Waals surface area contributed by atoms with E-state index in [4.69, 9.17) is 0 Å². The summed E-state index contributed by atoms with van der Waals surface area (Å²) in [5.74, 6) is -2.16. The molecule has 0 atom stereocenters. The van der Waals surface area contributed by atoms with Crippen molar-refractivity contribution in [2.75, 3.05) is 0 Å². The van der Waals surface area contributed by atoms with Crippen LogP contribution in [-0.2, 0) is 6.42 Å². The Morgan fingerprint density at radius 1 is 1.28 bits per heavy atom. The zero-order valence-corrected chi connectivity index (χ0v) is 12.8. The second-order valence-corrected chi connectivity index (χ2v) is 7.30. The zero-order valence-electron chi connectivity index (χ0n) is 8.84. The van der Waals surface area contributed by atoms with Gasteiger partial charge in [0.1, 0.15) is 0 Å². The lowest BCUT2D eigenvalue weighted by Gasteiger charge is -2.02. The first-order chi connectivity index (χ1) is 8.49. The van der Waals surface area contributed by atoms with E-state index in [-0.39, 0.29) is 17.8 Å². The van der Waals surface area contributed by atoms with Gasteiger partial charge < -0.3 is 0 Å². The van der Waals surface area contributed by atoms with E-state index >= 15 is 0 Å². The fourth-order valence-electron chi connectivity index (χ4n) is 1.48. The van der Waals surface area contributed by atoms with Crippen molar-refractivity contribution in [3.8, 4) is 0 Å². The van der Waals surface area contributed by atoms with Gasteiger partial charge >= 0.3 is 0 Å². The number of Topliss-reactive ketones (excluding diaryl/α,β-unsaturated/α-hetero) is 1. The molecule has 2 aromatic rings. The Kier molecular flexibility index (Phi) is 4.29. The lowest BCUT2D eigenvalue weighted by atomic mass is 10.0. The summed E-state index contributed by atoms with van der Waals surface area (Å²) in [6.07, 6.45) is -0.161. The van der Waals surface area contributed by atoms with E-state index in [1.54, 1.807) is 6.07 Å². The summed E-state index contributed by atoms with van der Waals surface area (Å²) < 4.78 is 27.9. The van der Waals surface area contributed by atoms with Gasteiger partial charge in [0.15, 0.2) is 17.4 Å². The first-order valence-electron chi connectivity index (χ1n) is 4.90. The summed E-state index contributed by atoms with van der Waals surface area (Å²) >= 11 is 7.89. The third kappa shape index (κ3) is 2.87. The first kappa shape index (κ1) is 13.8. The number of ketones is 1. The first-order valence-corrected chi connectivity index (χ1v) is 7.30. The number of carbonyl (C=O) groups is 1. The van der Waals surface area contributed by atoms with Crippen LogP contribution < -0.4 is 0 Å². The Morgan fingerprint density at radius 3 is 2.61 bits per heavy atom. The molecule has 0 amide bonds. The van der Waals surface area contributed by atoms with E-state index < -0.39 is 11.6 Å². The standard InChI is InChI=1S/C12H6Br2F2OS/c13-10-5-7(12(14)18-10)9(17)4-6-2-1-3-8(15)11(6)16/h1-3,5H,4H2. The molecule has 94 valence electrons. The van der Waals surface area contributed by atoms with Crippen LogP contribution in [0.15, 0.2) is 31.8 Å². The molecule has 0 aliphatic heterocycles. The van der Waals surface area contributed by atoms with Crippen molar-refractivity contribution in [2.24, 2.45) is 0 Å². The number of thiophene rings is 1. The molecule has 0 radical (unpaired) electrons. The number of halogens is 4. The van der Waals surface area contributed by atoms with Crippen LogP contribution in [0.25, 0.3) is 0 Å². The minimum atomic E-state index is -0.962. The zero-order chi connectivity index (χ0) is 13.3. The fraction of sp³-hybridized carbons (Fsp3) is 0.0833. The lowest BCUT2D eigenvalue weighted by Crippen LogP contribution is -2.05. The number of benzene rings is 1. The van der Waals surface area contributed by atoms with E-state index in [9.17, 15) is 13.6 Å². The second-order valence-electron chi connectivity index (χ2n) is 3.55. The van der Waals surface area contributed by atoms with Gasteiger partial charge in [-0.2, -0.15) is 0 Å². The van der Waals surface area contributed by atoms with Gasteiger partial charge in [0.05, 0.1) is 7.57 Å². The van der Waals surface area contributed by atoms with Crippen LogP contribution in [0.5, 0.6) is 0 Å². The van der Waals surface area contributed by atoms with Gasteiger partial charge in [0, 0.05) is 12.0 Å². The highest BCUT2D eigenvalue weighted by atomic mass is 79.9. The van der Waals surface area contributed by atoms with Crippen molar-refractivity contribution in [3.63, 3.8) is 0 Å². The SMILES string of the molecule is O=C(Cc1cccc(F)c1F)c1cc(Br)sc1Br. The van der Waals surface area contributed by atoms with Gasteiger partial charge in [-0.05, 0) is 49.6 Å². The van der Waals surface area contributed by atoms with E-state index in [0.717, 1.165) is 9.85 Å². The third-order valence-electron chi connectivity index (χ3n) is 2.34. The van der Waals surface area contributed by atoms with Crippen LogP contribution in [0.1, 0.15) is 15.9 Å². The van der Waals surface area contributed by atoms with Crippen LogP contribution in [0, 0.1) is 11.6 Å². The summed E-state index contributed by atoms with van der Waals surface area (Å²) in [6.45, 7) is 0. The molecule has 6 heteroatoms. The third-order valence-corrected chi connectivity index (χ3v) is 4.68. The molecule has 1 nitrogen and oxygen atoms in total. The highest BCUT2D eigenvalue weighted by Crippen LogP contribution is 2.32. The minimum Gasteiger partial charge on any atom is -0.294 e. The topological polar surface area (TPSA) is 17.1 Å². The van der Waals surface area contributed by atoms with E-state index in [1.807, 2.05) is 0 Å². The molecule has 0 bridgehead atoms. The van der Waals surface area contributed by atoms with Gasteiger partial charge in [0.25, 0.3) is 0 Å². The molecule has 1 aromatic carbocycles. The molecule has 18 heavy (non-hydrogen) atoms.